The molecule has 0 radical (unpaired) electrons. The average molecular weight is 347 g/mol. The third-order valence-electron chi connectivity index (χ3n) is 5.82. The van der Waals surface area contributed by atoms with Crippen molar-refractivity contribution in [3.05, 3.63) is 29.8 Å². The lowest BCUT2D eigenvalue weighted by molar-refractivity contribution is 0.00473. The van der Waals surface area contributed by atoms with Gasteiger partial charge in [0, 0.05) is 32.2 Å². The summed E-state index contributed by atoms with van der Waals surface area (Å²) in [7, 11) is 1.74. The minimum Gasteiger partial charge on any atom is -0.490 e. The molecule has 1 aromatic carbocycles. The second-order valence-corrected chi connectivity index (χ2v) is 7.89. The van der Waals surface area contributed by atoms with Crippen LogP contribution >= 0.6 is 0 Å². The number of hydrogen-bond donors (Lipinski definition) is 1. The molecule has 1 atom stereocenters. The Hall–Kier alpha value is -1.10. The number of aliphatic hydroxyl groups is 1. The maximum Gasteiger partial charge on any atom is 0.120 e. The highest BCUT2D eigenvalue weighted by molar-refractivity contribution is 5.28. The second-order valence-electron chi connectivity index (χ2n) is 7.89. The molecule has 4 heteroatoms. The van der Waals surface area contributed by atoms with Gasteiger partial charge in [-0.25, -0.2) is 0 Å². The van der Waals surface area contributed by atoms with Crippen LogP contribution in [-0.2, 0) is 11.3 Å². The van der Waals surface area contributed by atoms with Crippen molar-refractivity contribution in [2.24, 2.45) is 5.41 Å². The number of aliphatic hydroxyl groups excluding tert-OH is 1. The summed E-state index contributed by atoms with van der Waals surface area (Å²) in [5.74, 6) is 1.01. The Kier molecular flexibility index (Phi) is 6.74. The predicted octanol–water partition coefficient (Wildman–Crippen LogP) is 3.62. The Morgan fingerprint density at radius 2 is 2.08 bits per heavy atom. The van der Waals surface area contributed by atoms with Crippen molar-refractivity contribution in [1.29, 1.82) is 0 Å². The first-order chi connectivity index (χ1) is 12.2. The van der Waals surface area contributed by atoms with Crippen molar-refractivity contribution in [2.45, 2.75) is 57.6 Å². The van der Waals surface area contributed by atoms with Crippen LogP contribution in [0.5, 0.6) is 5.75 Å². The fourth-order valence-electron chi connectivity index (χ4n) is 4.35. The molecule has 0 amide bonds. The molecule has 1 saturated carbocycles. The largest absolute Gasteiger partial charge is 0.490 e. The van der Waals surface area contributed by atoms with Crippen LogP contribution in [0.25, 0.3) is 0 Å². The molecule has 25 heavy (non-hydrogen) atoms. The quantitative estimate of drug-likeness (QED) is 0.780. The third kappa shape index (κ3) is 5.19. The maximum atomic E-state index is 9.95. The van der Waals surface area contributed by atoms with Crippen LogP contribution in [0, 0.1) is 5.41 Å². The second kappa shape index (κ2) is 9.02. The Labute approximate surface area is 152 Å². The zero-order valence-corrected chi connectivity index (χ0v) is 15.6. The van der Waals surface area contributed by atoms with E-state index in [9.17, 15) is 5.11 Å². The lowest BCUT2D eigenvalue weighted by Gasteiger charge is -2.42. The molecule has 1 N–H and O–H groups in total. The lowest BCUT2D eigenvalue weighted by Crippen LogP contribution is -2.45. The standard InChI is InChI=1S/C21H33NO3/c1-24-13-11-21(17-23)10-5-12-22(16-21)15-18-6-4-9-20(14-18)25-19-7-2-3-8-19/h4,6,9,14,19,23H,2-3,5,7-8,10-13,15-17H2,1H3/t21-/m0/s1. The van der Waals surface area contributed by atoms with E-state index in [4.69, 9.17) is 9.47 Å². The predicted molar refractivity (Wildman–Crippen MR) is 99.8 cm³/mol. The summed E-state index contributed by atoms with van der Waals surface area (Å²) >= 11 is 0. The first kappa shape index (κ1) is 18.7. The molecule has 1 saturated heterocycles. The van der Waals surface area contributed by atoms with E-state index >= 15 is 0 Å². The smallest absolute Gasteiger partial charge is 0.120 e. The van der Waals surface area contributed by atoms with E-state index in [1.54, 1.807) is 7.11 Å². The monoisotopic (exact) mass is 347 g/mol. The number of piperidine rings is 1. The van der Waals surface area contributed by atoms with Gasteiger partial charge in [0.2, 0.25) is 0 Å². The Morgan fingerprint density at radius 3 is 2.84 bits per heavy atom. The van der Waals surface area contributed by atoms with Crippen LogP contribution in [-0.4, -0.2) is 49.5 Å². The van der Waals surface area contributed by atoms with Gasteiger partial charge in [0.05, 0.1) is 12.7 Å². The Morgan fingerprint density at radius 1 is 1.24 bits per heavy atom. The van der Waals surface area contributed by atoms with E-state index in [0.29, 0.717) is 6.10 Å². The number of rotatable bonds is 8. The fourth-order valence-corrected chi connectivity index (χ4v) is 4.35. The van der Waals surface area contributed by atoms with Crippen molar-refractivity contribution < 1.29 is 14.6 Å². The molecule has 2 fully saturated rings. The van der Waals surface area contributed by atoms with Gasteiger partial charge in [-0.05, 0) is 69.2 Å². The molecular weight excluding hydrogens is 314 g/mol. The van der Waals surface area contributed by atoms with Crippen LogP contribution in [0.4, 0.5) is 0 Å². The van der Waals surface area contributed by atoms with E-state index in [0.717, 1.165) is 51.3 Å². The van der Waals surface area contributed by atoms with Gasteiger partial charge in [-0.15, -0.1) is 0 Å². The number of likely N-dealkylation sites (tertiary alicyclic amines) is 1. The van der Waals surface area contributed by atoms with Gasteiger partial charge in [0.1, 0.15) is 5.75 Å². The van der Waals surface area contributed by atoms with E-state index in [1.807, 2.05) is 0 Å². The molecule has 0 bridgehead atoms. The molecule has 1 aliphatic heterocycles. The summed E-state index contributed by atoms with van der Waals surface area (Å²) < 4.78 is 11.4. The van der Waals surface area contributed by atoms with Gasteiger partial charge >= 0.3 is 0 Å². The number of hydrogen-bond acceptors (Lipinski definition) is 4. The zero-order valence-electron chi connectivity index (χ0n) is 15.6. The first-order valence-corrected chi connectivity index (χ1v) is 9.81. The van der Waals surface area contributed by atoms with Crippen LogP contribution in [0.1, 0.15) is 50.5 Å². The molecule has 4 nitrogen and oxygen atoms in total. The summed E-state index contributed by atoms with van der Waals surface area (Å²) in [6, 6.07) is 8.57. The van der Waals surface area contributed by atoms with Gasteiger partial charge in [0.25, 0.3) is 0 Å². The molecular formula is C21H33NO3. The van der Waals surface area contributed by atoms with Crippen molar-refractivity contribution in [1.82, 2.24) is 4.90 Å². The zero-order chi connectivity index (χ0) is 17.5. The number of benzene rings is 1. The number of methoxy groups -OCH3 is 1. The molecule has 1 aromatic rings. The van der Waals surface area contributed by atoms with E-state index in [2.05, 4.69) is 29.2 Å². The van der Waals surface area contributed by atoms with Crippen molar-refractivity contribution >= 4 is 0 Å². The van der Waals surface area contributed by atoms with Crippen molar-refractivity contribution in [3.63, 3.8) is 0 Å². The summed E-state index contributed by atoms with van der Waals surface area (Å²) in [6.45, 7) is 3.94. The molecule has 0 unspecified atom stereocenters. The molecule has 0 spiro atoms. The summed E-state index contributed by atoms with van der Waals surface area (Å²) in [4.78, 5) is 2.48. The van der Waals surface area contributed by atoms with Gasteiger partial charge in [-0.3, -0.25) is 4.90 Å². The minimum atomic E-state index is -0.00772. The fraction of sp³-hybridized carbons (Fsp3) is 0.714. The molecule has 140 valence electrons. The van der Waals surface area contributed by atoms with Gasteiger partial charge in [-0.1, -0.05) is 12.1 Å². The highest BCUT2D eigenvalue weighted by atomic mass is 16.5. The normalized spacial score (nSPS) is 25.4. The van der Waals surface area contributed by atoms with E-state index in [1.165, 1.54) is 31.2 Å². The summed E-state index contributed by atoms with van der Waals surface area (Å²) in [5.41, 5.74) is 1.29. The Bertz CT molecular complexity index is 530. The maximum absolute atomic E-state index is 9.95. The molecule has 1 heterocycles. The topological polar surface area (TPSA) is 41.9 Å². The summed E-state index contributed by atoms with van der Waals surface area (Å²) in [5, 5.41) is 9.95. The highest BCUT2D eigenvalue weighted by Crippen LogP contribution is 2.34. The van der Waals surface area contributed by atoms with Crippen molar-refractivity contribution in [3.8, 4) is 5.75 Å². The van der Waals surface area contributed by atoms with Gasteiger partial charge in [0.15, 0.2) is 0 Å². The number of nitrogens with zero attached hydrogens (tertiary/aromatic N) is 1. The van der Waals surface area contributed by atoms with Crippen LogP contribution < -0.4 is 4.74 Å². The average Bonchev–Trinajstić information content (AvgIpc) is 3.13. The van der Waals surface area contributed by atoms with E-state index in [-0.39, 0.29) is 12.0 Å². The van der Waals surface area contributed by atoms with E-state index < -0.39 is 0 Å². The lowest BCUT2D eigenvalue weighted by atomic mass is 9.78. The highest BCUT2D eigenvalue weighted by Gasteiger charge is 2.34. The molecule has 1 aliphatic carbocycles. The van der Waals surface area contributed by atoms with Gasteiger partial charge < -0.3 is 14.6 Å². The van der Waals surface area contributed by atoms with Crippen molar-refractivity contribution in [2.75, 3.05) is 33.4 Å². The molecule has 3 rings (SSSR count). The van der Waals surface area contributed by atoms with Crippen LogP contribution in [0.3, 0.4) is 0 Å². The minimum absolute atomic E-state index is 0.00772. The SMILES string of the molecule is COCC[C@@]1(CO)CCCN(Cc2cccc(OC3CCCC3)c2)C1. The molecule has 2 aliphatic rings. The first-order valence-electron chi connectivity index (χ1n) is 9.81. The van der Waals surface area contributed by atoms with Gasteiger partial charge in [-0.2, -0.15) is 0 Å². The summed E-state index contributed by atoms with van der Waals surface area (Å²) in [6.07, 6.45) is 8.54. The van der Waals surface area contributed by atoms with Crippen LogP contribution in [0.2, 0.25) is 0 Å². The molecule has 0 aromatic heterocycles. The third-order valence-corrected chi connectivity index (χ3v) is 5.82. The number of ether oxygens (including phenoxy) is 2. The van der Waals surface area contributed by atoms with Crippen LogP contribution in [0.15, 0.2) is 24.3 Å². The Balaban J connectivity index is 1.59.